The Kier molecular flexibility index (Phi) is 3.41. The highest BCUT2D eigenvalue weighted by atomic mass is 16.5. The average Bonchev–Trinajstić information content (AvgIpc) is 2.69. The predicted octanol–water partition coefficient (Wildman–Crippen LogP) is 2.08. The lowest BCUT2D eigenvalue weighted by molar-refractivity contribution is 0.337. The van der Waals surface area contributed by atoms with E-state index in [0.29, 0.717) is 12.4 Å². The minimum absolute atomic E-state index is 0.586. The summed E-state index contributed by atoms with van der Waals surface area (Å²) in [7, 11) is 3.44. The van der Waals surface area contributed by atoms with Gasteiger partial charge < -0.3 is 15.2 Å². The number of aryl methyl sites for hydroxylation is 1. The fourth-order valence-corrected chi connectivity index (χ4v) is 1.73. The summed E-state index contributed by atoms with van der Waals surface area (Å²) >= 11 is 0. The third-order valence-electron chi connectivity index (χ3n) is 2.68. The Labute approximate surface area is 106 Å². The second-order valence-corrected chi connectivity index (χ2v) is 3.87. The number of benzene rings is 1. The highest BCUT2D eigenvalue weighted by molar-refractivity contribution is 5.70. The van der Waals surface area contributed by atoms with Crippen LogP contribution >= 0.6 is 0 Å². The molecule has 2 N–H and O–H groups in total. The highest BCUT2D eigenvalue weighted by Crippen LogP contribution is 2.33. The maximum atomic E-state index is 5.79. The van der Waals surface area contributed by atoms with Crippen LogP contribution in [0.4, 0.5) is 5.82 Å². The quantitative estimate of drug-likeness (QED) is 0.898. The minimum atomic E-state index is 0.586. The average molecular weight is 247 g/mol. The molecule has 2 rings (SSSR count). The predicted molar refractivity (Wildman–Crippen MR) is 70.8 cm³/mol. The molecule has 2 aromatic rings. The molecule has 0 spiro atoms. The minimum Gasteiger partial charge on any atom is -0.497 e. The lowest BCUT2D eigenvalue weighted by Gasteiger charge is -2.10. The summed E-state index contributed by atoms with van der Waals surface area (Å²) in [6.45, 7) is 2.53. The van der Waals surface area contributed by atoms with Crippen molar-refractivity contribution in [2.45, 2.75) is 6.92 Å². The molecule has 0 radical (unpaired) electrons. The second kappa shape index (κ2) is 5.00. The van der Waals surface area contributed by atoms with Crippen LogP contribution < -0.4 is 15.2 Å². The topological polar surface area (TPSA) is 62.3 Å². The Morgan fingerprint density at radius 3 is 2.67 bits per heavy atom. The number of aromatic nitrogens is 2. The number of nitrogens with two attached hydrogens (primary N) is 1. The summed E-state index contributed by atoms with van der Waals surface area (Å²) in [5.74, 6) is 2.12. The van der Waals surface area contributed by atoms with E-state index in [1.807, 2.05) is 38.2 Å². The van der Waals surface area contributed by atoms with E-state index in [4.69, 9.17) is 15.2 Å². The Balaban J connectivity index is 2.48. The molecular weight excluding hydrogens is 230 g/mol. The molecule has 1 aromatic heterocycles. The van der Waals surface area contributed by atoms with E-state index in [9.17, 15) is 0 Å². The van der Waals surface area contributed by atoms with Crippen molar-refractivity contribution in [1.82, 2.24) is 9.78 Å². The van der Waals surface area contributed by atoms with Crippen molar-refractivity contribution < 1.29 is 9.47 Å². The molecule has 1 heterocycles. The number of nitrogens with zero attached hydrogens (tertiary/aromatic N) is 2. The molecule has 18 heavy (non-hydrogen) atoms. The van der Waals surface area contributed by atoms with Crippen LogP contribution in [0.2, 0.25) is 0 Å². The van der Waals surface area contributed by atoms with Gasteiger partial charge >= 0.3 is 0 Å². The van der Waals surface area contributed by atoms with Crippen molar-refractivity contribution in [3.8, 4) is 22.8 Å². The molecule has 0 atom stereocenters. The van der Waals surface area contributed by atoms with Gasteiger partial charge in [0.15, 0.2) is 0 Å². The zero-order valence-electron chi connectivity index (χ0n) is 10.8. The fourth-order valence-electron chi connectivity index (χ4n) is 1.73. The zero-order chi connectivity index (χ0) is 13.1. The van der Waals surface area contributed by atoms with Gasteiger partial charge in [0.05, 0.1) is 19.4 Å². The van der Waals surface area contributed by atoms with E-state index in [-0.39, 0.29) is 0 Å². The van der Waals surface area contributed by atoms with E-state index in [1.54, 1.807) is 11.8 Å². The third kappa shape index (κ3) is 2.25. The lowest BCUT2D eigenvalue weighted by atomic mass is 10.1. The summed E-state index contributed by atoms with van der Waals surface area (Å²) in [6, 6.07) is 7.47. The lowest BCUT2D eigenvalue weighted by Crippen LogP contribution is -1.97. The molecular formula is C13H17N3O2. The van der Waals surface area contributed by atoms with Crippen molar-refractivity contribution in [2.24, 2.45) is 7.05 Å². The van der Waals surface area contributed by atoms with Crippen LogP contribution in [0.5, 0.6) is 11.5 Å². The first-order valence-electron chi connectivity index (χ1n) is 5.76. The van der Waals surface area contributed by atoms with Crippen molar-refractivity contribution in [1.29, 1.82) is 0 Å². The molecule has 0 saturated carbocycles. The molecule has 0 unspecified atom stereocenters. The van der Waals surface area contributed by atoms with Gasteiger partial charge in [0.2, 0.25) is 0 Å². The molecule has 0 amide bonds. The molecule has 0 fully saturated rings. The van der Waals surface area contributed by atoms with Crippen LogP contribution in [0.25, 0.3) is 11.3 Å². The van der Waals surface area contributed by atoms with E-state index in [2.05, 4.69) is 5.10 Å². The van der Waals surface area contributed by atoms with Crippen LogP contribution in [0.1, 0.15) is 6.92 Å². The van der Waals surface area contributed by atoms with Crippen molar-refractivity contribution >= 4 is 5.82 Å². The molecule has 0 aliphatic heterocycles. The van der Waals surface area contributed by atoms with Gasteiger partial charge in [-0.2, -0.15) is 5.10 Å². The summed E-state index contributed by atoms with van der Waals surface area (Å²) in [6.07, 6.45) is 0. The van der Waals surface area contributed by atoms with Gasteiger partial charge in [0.1, 0.15) is 17.3 Å². The molecule has 0 aliphatic carbocycles. The van der Waals surface area contributed by atoms with Gasteiger partial charge in [-0.05, 0) is 19.1 Å². The van der Waals surface area contributed by atoms with Gasteiger partial charge in [-0.3, -0.25) is 4.68 Å². The Morgan fingerprint density at radius 1 is 1.33 bits per heavy atom. The normalized spacial score (nSPS) is 10.4. The molecule has 0 saturated heterocycles. The maximum absolute atomic E-state index is 5.79. The standard InChI is InChI=1S/C13H17N3O2/c1-4-18-12-7-9(17-3)5-6-10(12)11-8-13(14)16(2)15-11/h5-8H,4,14H2,1-3H3. The number of rotatable bonds is 4. The fraction of sp³-hybridized carbons (Fsp3) is 0.308. The largest absolute Gasteiger partial charge is 0.497 e. The molecule has 0 aliphatic rings. The Hall–Kier alpha value is -2.17. The van der Waals surface area contributed by atoms with Gasteiger partial charge in [0, 0.05) is 24.7 Å². The summed E-state index contributed by atoms with van der Waals surface area (Å²) < 4.78 is 12.4. The highest BCUT2D eigenvalue weighted by Gasteiger charge is 2.12. The Morgan fingerprint density at radius 2 is 2.11 bits per heavy atom. The number of hydrogen-bond donors (Lipinski definition) is 1. The van der Waals surface area contributed by atoms with Crippen LogP contribution in [-0.4, -0.2) is 23.5 Å². The smallest absolute Gasteiger partial charge is 0.132 e. The second-order valence-electron chi connectivity index (χ2n) is 3.87. The molecule has 1 aromatic carbocycles. The SMILES string of the molecule is CCOc1cc(OC)ccc1-c1cc(N)n(C)n1. The summed E-state index contributed by atoms with van der Waals surface area (Å²) in [4.78, 5) is 0. The summed E-state index contributed by atoms with van der Waals surface area (Å²) in [5.41, 5.74) is 7.49. The first-order chi connectivity index (χ1) is 8.65. The van der Waals surface area contributed by atoms with Crippen LogP contribution in [-0.2, 0) is 7.05 Å². The first kappa shape index (κ1) is 12.3. The monoisotopic (exact) mass is 247 g/mol. The van der Waals surface area contributed by atoms with Crippen molar-refractivity contribution in [3.63, 3.8) is 0 Å². The van der Waals surface area contributed by atoms with Crippen molar-refractivity contribution in [3.05, 3.63) is 24.3 Å². The van der Waals surface area contributed by atoms with Crippen LogP contribution in [0.3, 0.4) is 0 Å². The third-order valence-corrected chi connectivity index (χ3v) is 2.68. The maximum Gasteiger partial charge on any atom is 0.132 e. The number of ether oxygens (including phenoxy) is 2. The van der Waals surface area contributed by atoms with Gasteiger partial charge in [-0.15, -0.1) is 0 Å². The molecule has 5 nitrogen and oxygen atoms in total. The first-order valence-corrected chi connectivity index (χ1v) is 5.76. The number of nitrogen functional groups attached to an aromatic ring is 1. The Bertz CT molecular complexity index is 530. The van der Waals surface area contributed by atoms with E-state index in [0.717, 1.165) is 22.8 Å². The number of hydrogen-bond acceptors (Lipinski definition) is 4. The molecule has 96 valence electrons. The van der Waals surface area contributed by atoms with E-state index >= 15 is 0 Å². The summed E-state index contributed by atoms with van der Waals surface area (Å²) in [5, 5.41) is 4.35. The number of anilines is 1. The molecule has 5 heteroatoms. The molecule has 0 bridgehead atoms. The van der Waals surface area contributed by atoms with Gasteiger partial charge in [-0.25, -0.2) is 0 Å². The zero-order valence-corrected chi connectivity index (χ0v) is 10.8. The van der Waals surface area contributed by atoms with E-state index < -0.39 is 0 Å². The van der Waals surface area contributed by atoms with Crippen LogP contribution in [0, 0.1) is 0 Å². The van der Waals surface area contributed by atoms with E-state index in [1.165, 1.54) is 0 Å². The van der Waals surface area contributed by atoms with Gasteiger partial charge in [0.25, 0.3) is 0 Å². The van der Waals surface area contributed by atoms with Crippen LogP contribution in [0.15, 0.2) is 24.3 Å². The van der Waals surface area contributed by atoms with Crippen molar-refractivity contribution in [2.75, 3.05) is 19.5 Å². The number of methoxy groups -OCH3 is 1. The van der Waals surface area contributed by atoms with Gasteiger partial charge in [-0.1, -0.05) is 0 Å².